The van der Waals surface area contributed by atoms with Crippen molar-refractivity contribution in [3.8, 4) is 18.1 Å². The van der Waals surface area contributed by atoms with Gasteiger partial charge in [-0.15, -0.1) is 19.6 Å². The third-order valence-electron chi connectivity index (χ3n) is 4.43. The summed E-state index contributed by atoms with van der Waals surface area (Å²) in [5.74, 6) is -5.22. The van der Waals surface area contributed by atoms with Crippen LogP contribution in [0.15, 0.2) is 12.1 Å². The summed E-state index contributed by atoms with van der Waals surface area (Å²) >= 11 is 11.7. The normalized spacial score (nSPS) is 17.9. The molecule has 0 aliphatic heterocycles. The molecule has 0 atom stereocenters. The van der Waals surface area contributed by atoms with Crippen LogP contribution in [0.2, 0.25) is 10.0 Å². The van der Waals surface area contributed by atoms with E-state index in [0.29, 0.717) is 11.0 Å². The molecule has 1 N–H and O–H groups in total. The highest BCUT2D eigenvalue weighted by Crippen LogP contribution is 2.47. The van der Waals surface area contributed by atoms with Crippen LogP contribution in [0, 0.1) is 12.3 Å². The van der Waals surface area contributed by atoms with E-state index in [2.05, 4.69) is 4.74 Å². The molecule has 0 aromatic heterocycles. The Bertz CT molecular complexity index is 872. The molecule has 2 rings (SSSR count). The van der Waals surface area contributed by atoms with Gasteiger partial charge in [-0.05, 0) is 24.8 Å². The number of nitrogens with zero attached hydrogens (tertiary/aromatic N) is 1. The highest BCUT2D eigenvalue weighted by molar-refractivity contribution is 6.37. The van der Waals surface area contributed by atoms with Gasteiger partial charge in [-0.2, -0.15) is 0 Å². The number of halogens is 7. The number of aliphatic carboxylic acids is 1. The Hall–Kier alpha value is -2.25. The van der Waals surface area contributed by atoms with Crippen molar-refractivity contribution in [3.63, 3.8) is 0 Å². The van der Waals surface area contributed by atoms with Gasteiger partial charge in [-0.3, -0.25) is 9.69 Å². The fraction of sp³-hybridized carbons (Fsp3) is 0.412. The predicted molar refractivity (Wildman–Crippen MR) is 93.2 cm³/mol. The van der Waals surface area contributed by atoms with Crippen molar-refractivity contribution in [2.24, 2.45) is 0 Å². The number of hydrogen-bond donors (Lipinski definition) is 1. The van der Waals surface area contributed by atoms with Gasteiger partial charge in [0.05, 0.1) is 15.7 Å². The van der Waals surface area contributed by atoms with E-state index in [9.17, 15) is 36.6 Å². The molecular formula is C17H12Cl2F5NO4. The van der Waals surface area contributed by atoms with Crippen molar-refractivity contribution in [2.75, 3.05) is 4.90 Å². The predicted octanol–water partition coefficient (Wildman–Crippen LogP) is 4.89. The van der Waals surface area contributed by atoms with Gasteiger partial charge in [0.2, 0.25) is 5.92 Å². The average Bonchev–Trinajstić information content (AvgIpc) is 2.59. The van der Waals surface area contributed by atoms with Crippen LogP contribution in [0.1, 0.15) is 25.7 Å². The molecule has 0 bridgehead atoms. The lowest BCUT2D eigenvalue weighted by molar-refractivity contribution is -0.274. The molecule has 0 unspecified atom stereocenters. The first-order valence-electron chi connectivity index (χ1n) is 7.89. The molecule has 0 spiro atoms. The van der Waals surface area contributed by atoms with Crippen LogP contribution in [-0.2, 0) is 9.59 Å². The van der Waals surface area contributed by atoms with Gasteiger partial charge in [0.25, 0.3) is 0 Å². The van der Waals surface area contributed by atoms with E-state index < -0.39 is 76.9 Å². The fourth-order valence-corrected chi connectivity index (χ4v) is 3.49. The summed E-state index contributed by atoms with van der Waals surface area (Å²) in [5, 5.41) is 8.55. The second-order valence-electron chi connectivity index (χ2n) is 6.26. The molecule has 29 heavy (non-hydrogen) atoms. The number of benzene rings is 1. The van der Waals surface area contributed by atoms with Crippen molar-refractivity contribution >= 4 is 40.8 Å². The van der Waals surface area contributed by atoms with Crippen molar-refractivity contribution in [3.05, 3.63) is 22.2 Å². The summed E-state index contributed by atoms with van der Waals surface area (Å²) in [6.45, 7) is 0. The number of rotatable bonds is 4. The number of amides is 1. The van der Waals surface area contributed by atoms with E-state index in [-0.39, 0.29) is 0 Å². The number of carbonyl (C=O) groups excluding carboxylic acids is 1. The Kier molecular flexibility index (Phi) is 6.26. The lowest BCUT2D eigenvalue weighted by Gasteiger charge is -2.44. The van der Waals surface area contributed by atoms with Gasteiger partial charge in [-0.1, -0.05) is 23.2 Å². The smallest absolute Gasteiger partial charge is 0.479 e. The Morgan fingerprint density at radius 3 is 2.14 bits per heavy atom. The van der Waals surface area contributed by atoms with Crippen molar-refractivity contribution in [1.29, 1.82) is 0 Å². The van der Waals surface area contributed by atoms with E-state index in [1.807, 2.05) is 0 Å². The van der Waals surface area contributed by atoms with E-state index in [4.69, 9.17) is 29.6 Å². The second kappa shape index (κ2) is 7.88. The lowest BCUT2D eigenvalue weighted by Crippen LogP contribution is -2.60. The van der Waals surface area contributed by atoms with E-state index in [1.165, 1.54) is 0 Å². The molecule has 12 heteroatoms. The third kappa shape index (κ3) is 4.85. The first-order valence-corrected chi connectivity index (χ1v) is 8.65. The van der Waals surface area contributed by atoms with Gasteiger partial charge in [-0.25, -0.2) is 13.6 Å². The Labute approximate surface area is 171 Å². The zero-order valence-corrected chi connectivity index (χ0v) is 15.8. The van der Waals surface area contributed by atoms with Crippen LogP contribution in [0.5, 0.6) is 5.75 Å². The molecule has 1 aliphatic rings. The molecule has 0 saturated heterocycles. The summed E-state index contributed by atoms with van der Waals surface area (Å²) in [4.78, 5) is 24.9. The van der Waals surface area contributed by atoms with Crippen LogP contribution >= 0.6 is 23.2 Å². The summed E-state index contributed by atoms with van der Waals surface area (Å²) in [6, 6.07) is 1.38. The molecule has 1 aromatic carbocycles. The fourth-order valence-electron chi connectivity index (χ4n) is 3.05. The van der Waals surface area contributed by atoms with Gasteiger partial charge in [0.1, 0.15) is 11.3 Å². The van der Waals surface area contributed by atoms with Gasteiger partial charge < -0.3 is 9.84 Å². The lowest BCUT2D eigenvalue weighted by atomic mass is 9.78. The number of ether oxygens (including phenoxy) is 1. The Morgan fingerprint density at radius 2 is 1.69 bits per heavy atom. The molecule has 1 aliphatic carbocycles. The summed E-state index contributed by atoms with van der Waals surface area (Å²) < 4.78 is 68.3. The van der Waals surface area contributed by atoms with Crippen LogP contribution < -0.4 is 9.64 Å². The minimum Gasteiger partial charge on any atom is -0.479 e. The van der Waals surface area contributed by atoms with E-state index in [1.54, 1.807) is 5.92 Å². The van der Waals surface area contributed by atoms with Crippen LogP contribution in [0.3, 0.4) is 0 Å². The zero-order chi connectivity index (χ0) is 22.2. The van der Waals surface area contributed by atoms with Gasteiger partial charge in [0, 0.05) is 18.9 Å². The zero-order valence-electron chi connectivity index (χ0n) is 14.3. The van der Waals surface area contributed by atoms with Crippen molar-refractivity contribution in [1.82, 2.24) is 0 Å². The number of carbonyl (C=O) groups is 2. The topological polar surface area (TPSA) is 66.8 Å². The third-order valence-corrected chi connectivity index (χ3v) is 5.03. The molecule has 5 nitrogen and oxygen atoms in total. The maximum atomic E-state index is 13.6. The monoisotopic (exact) mass is 459 g/mol. The van der Waals surface area contributed by atoms with Crippen LogP contribution in [0.4, 0.5) is 27.6 Å². The van der Waals surface area contributed by atoms with E-state index >= 15 is 0 Å². The van der Waals surface area contributed by atoms with Gasteiger partial charge in [0.15, 0.2) is 0 Å². The molecule has 0 heterocycles. The number of terminal acetylenes is 1. The standard InChI is InChI=1S/C17H12Cl2F5NO4/c1-2-13(26)25(15(14(27)28)3-5-16(20,21)6-4-15)11-7-10(19)12(8-9(11)18)29-17(22,23)24/h1,7-8H,3-6H2,(H,27,28). The SMILES string of the molecule is C#CC(=O)N(c1cc(Cl)c(OC(F)(F)F)cc1Cl)C1(C(=O)O)CCC(F)(F)CC1. The Balaban J connectivity index is 2.61. The molecule has 1 amide bonds. The Morgan fingerprint density at radius 1 is 1.14 bits per heavy atom. The molecule has 1 fully saturated rings. The molecule has 0 radical (unpaired) electrons. The second-order valence-corrected chi connectivity index (χ2v) is 7.07. The first kappa shape index (κ1) is 23.0. The van der Waals surface area contributed by atoms with Crippen LogP contribution in [0.25, 0.3) is 0 Å². The van der Waals surface area contributed by atoms with Crippen molar-refractivity contribution in [2.45, 2.75) is 43.5 Å². The summed E-state index contributed by atoms with van der Waals surface area (Å²) in [5.41, 5.74) is -2.63. The summed E-state index contributed by atoms with van der Waals surface area (Å²) in [6.07, 6.45) is -3.04. The average molecular weight is 460 g/mol. The molecule has 1 saturated carbocycles. The number of alkyl halides is 5. The highest BCUT2D eigenvalue weighted by atomic mass is 35.5. The van der Waals surface area contributed by atoms with E-state index in [0.717, 1.165) is 6.07 Å². The molecule has 158 valence electrons. The molecular weight excluding hydrogens is 448 g/mol. The number of anilines is 1. The van der Waals surface area contributed by atoms with Crippen molar-refractivity contribution < 1.29 is 41.4 Å². The quantitative estimate of drug-likeness (QED) is 0.514. The summed E-state index contributed by atoms with van der Waals surface area (Å²) in [7, 11) is 0. The largest absolute Gasteiger partial charge is 0.573 e. The number of carboxylic acids is 1. The van der Waals surface area contributed by atoms with Gasteiger partial charge >= 0.3 is 18.2 Å². The van der Waals surface area contributed by atoms with Crippen LogP contribution in [-0.4, -0.2) is 34.8 Å². The number of carboxylic acid groups (broad SMARTS) is 1. The first-order chi connectivity index (χ1) is 13.2. The maximum Gasteiger partial charge on any atom is 0.573 e. The minimum atomic E-state index is -5.10. The molecule has 1 aromatic rings. The maximum absolute atomic E-state index is 13.6. The highest BCUT2D eigenvalue weighted by Gasteiger charge is 2.54. The minimum absolute atomic E-state index is 0.443. The number of hydrogen-bond acceptors (Lipinski definition) is 3.